The lowest BCUT2D eigenvalue weighted by Gasteiger charge is -2.34. The molecule has 1 aromatic rings. The van der Waals surface area contributed by atoms with Crippen LogP contribution in [0.4, 0.5) is 4.79 Å². The number of hydrogen-bond donors (Lipinski definition) is 1. The van der Waals surface area contributed by atoms with Gasteiger partial charge in [-0.1, -0.05) is 13.8 Å². The molecule has 26 heavy (non-hydrogen) atoms. The Morgan fingerprint density at radius 1 is 1.23 bits per heavy atom. The lowest BCUT2D eigenvalue weighted by Crippen LogP contribution is -2.53. The minimum absolute atomic E-state index is 0.0358. The van der Waals surface area contributed by atoms with Crippen LogP contribution in [0, 0.1) is 12.8 Å². The third kappa shape index (κ3) is 5.44. The van der Waals surface area contributed by atoms with E-state index in [1.54, 1.807) is 32.6 Å². The number of likely N-dealkylation sites (tertiary alicyclic amines) is 1. The molecule has 1 unspecified atom stereocenters. The number of carbonyl (C=O) groups excluding carboxylic acids is 2. The molecule has 146 valence electrons. The van der Waals surface area contributed by atoms with Crippen molar-refractivity contribution in [1.29, 1.82) is 0 Å². The summed E-state index contributed by atoms with van der Waals surface area (Å²) in [4.78, 5) is 26.8. The summed E-state index contributed by atoms with van der Waals surface area (Å²) in [7, 11) is 0. The average molecular weight is 366 g/mol. The maximum absolute atomic E-state index is 12.9. The third-order valence-corrected chi connectivity index (χ3v) is 4.30. The van der Waals surface area contributed by atoms with Crippen molar-refractivity contribution in [2.45, 2.75) is 71.9 Å². The Bertz CT molecular complexity index is 627. The van der Waals surface area contributed by atoms with Crippen molar-refractivity contribution in [2.24, 2.45) is 5.92 Å². The van der Waals surface area contributed by atoms with Crippen molar-refractivity contribution in [2.75, 3.05) is 13.1 Å². The highest BCUT2D eigenvalue weighted by atomic mass is 16.6. The van der Waals surface area contributed by atoms with Gasteiger partial charge in [0.15, 0.2) is 0 Å². The van der Waals surface area contributed by atoms with Crippen LogP contribution in [-0.2, 0) is 9.53 Å². The number of amides is 2. The molecule has 8 heteroatoms. The van der Waals surface area contributed by atoms with Gasteiger partial charge in [-0.15, -0.1) is 10.2 Å². The van der Waals surface area contributed by atoms with Gasteiger partial charge in [0.05, 0.1) is 0 Å². The number of ether oxygens (including phenoxy) is 1. The molecular formula is C18H30N4O4. The molecule has 8 nitrogen and oxygen atoms in total. The maximum Gasteiger partial charge on any atom is 0.408 e. The minimum atomic E-state index is -0.605. The fraction of sp³-hybridized carbons (Fsp3) is 0.778. The lowest BCUT2D eigenvalue weighted by molar-refractivity contribution is -0.135. The van der Waals surface area contributed by atoms with Crippen molar-refractivity contribution in [1.82, 2.24) is 20.4 Å². The molecule has 0 radical (unpaired) electrons. The summed E-state index contributed by atoms with van der Waals surface area (Å²) < 4.78 is 10.8. The monoisotopic (exact) mass is 366 g/mol. The zero-order valence-electron chi connectivity index (χ0n) is 16.5. The van der Waals surface area contributed by atoms with Crippen LogP contribution in [0.15, 0.2) is 4.42 Å². The molecule has 2 rings (SSSR count). The van der Waals surface area contributed by atoms with Crippen LogP contribution in [0.1, 0.15) is 65.2 Å². The van der Waals surface area contributed by atoms with Gasteiger partial charge in [0.25, 0.3) is 0 Å². The van der Waals surface area contributed by atoms with Crippen LogP contribution in [0.5, 0.6) is 0 Å². The van der Waals surface area contributed by atoms with Gasteiger partial charge in [-0.05, 0) is 39.5 Å². The lowest BCUT2D eigenvalue weighted by atomic mass is 9.95. The van der Waals surface area contributed by atoms with Crippen LogP contribution >= 0.6 is 0 Å². The second-order valence-electron chi connectivity index (χ2n) is 8.13. The first kappa shape index (κ1) is 20.2. The molecule has 0 bridgehead atoms. The van der Waals surface area contributed by atoms with Crippen molar-refractivity contribution in [3.8, 4) is 0 Å². The number of aryl methyl sites for hydroxylation is 1. The quantitative estimate of drug-likeness (QED) is 0.880. The fourth-order valence-corrected chi connectivity index (χ4v) is 2.97. The van der Waals surface area contributed by atoms with Crippen LogP contribution in [0.25, 0.3) is 0 Å². The van der Waals surface area contributed by atoms with Gasteiger partial charge in [-0.25, -0.2) is 4.79 Å². The van der Waals surface area contributed by atoms with Gasteiger partial charge in [0.2, 0.25) is 17.7 Å². The average Bonchev–Trinajstić information content (AvgIpc) is 2.97. The minimum Gasteiger partial charge on any atom is -0.444 e. The van der Waals surface area contributed by atoms with E-state index in [1.807, 2.05) is 13.8 Å². The molecule has 0 aliphatic carbocycles. The second kappa shape index (κ2) is 8.05. The summed E-state index contributed by atoms with van der Waals surface area (Å²) >= 11 is 0. The Hall–Kier alpha value is -2.12. The molecule has 1 N–H and O–H groups in total. The molecule has 1 aliphatic heterocycles. The largest absolute Gasteiger partial charge is 0.444 e. The van der Waals surface area contributed by atoms with E-state index in [2.05, 4.69) is 15.5 Å². The molecule has 2 amide bonds. The van der Waals surface area contributed by atoms with E-state index in [0.29, 0.717) is 24.9 Å². The predicted molar refractivity (Wildman–Crippen MR) is 95.6 cm³/mol. The van der Waals surface area contributed by atoms with Crippen LogP contribution in [0.3, 0.4) is 0 Å². The molecule has 1 saturated heterocycles. The number of nitrogens with one attached hydrogen (secondary N) is 1. The van der Waals surface area contributed by atoms with E-state index in [1.165, 1.54) is 0 Å². The van der Waals surface area contributed by atoms with Gasteiger partial charge in [0, 0.05) is 25.9 Å². The summed E-state index contributed by atoms with van der Waals surface area (Å²) in [6.07, 6.45) is 0.968. The van der Waals surface area contributed by atoms with Crippen LogP contribution < -0.4 is 5.32 Å². The van der Waals surface area contributed by atoms with Crippen molar-refractivity contribution in [3.05, 3.63) is 11.8 Å². The smallest absolute Gasteiger partial charge is 0.408 e. The summed E-state index contributed by atoms with van der Waals surface area (Å²) in [5, 5.41) is 10.7. The van der Waals surface area contributed by atoms with E-state index < -0.39 is 17.7 Å². The Morgan fingerprint density at radius 3 is 2.31 bits per heavy atom. The molecular weight excluding hydrogens is 336 g/mol. The maximum atomic E-state index is 12.9. The second-order valence-corrected chi connectivity index (χ2v) is 8.13. The highest BCUT2D eigenvalue weighted by Gasteiger charge is 2.33. The molecule has 1 fully saturated rings. The van der Waals surface area contributed by atoms with Crippen molar-refractivity contribution >= 4 is 12.0 Å². The first-order valence-electron chi connectivity index (χ1n) is 9.15. The van der Waals surface area contributed by atoms with Crippen molar-refractivity contribution < 1.29 is 18.7 Å². The van der Waals surface area contributed by atoms with E-state index in [9.17, 15) is 9.59 Å². The van der Waals surface area contributed by atoms with Gasteiger partial charge in [0.1, 0.15) is 11.6 Å². The zero-order chi connectivity index (χ0) is 19.5. The first-order chi connectivity index (χ1) is 12.1. The SMILES string of the molecule is Cc1nnc(C2CCN(C(=O)C(NC(=O)OC(C)(C)C)C(C)C)CC2)o1. The molecule has 1 atom stereocenters. The summed E-state index contributed by atoms with van der Waals surface area (Å²) in [5.74, 6) is 1.26. The zero-order valence-corrected chi connectivity index (χ0v) is 16.5. The first-order valence-corrected chi connectivity index (χ1v) is 9.15. The van der Waals surface area contributed by atoms with Gasteiger partial charge in [-0.2, -0.15) is 0 Å². The number of piperidine rings is 1. The normalized spacial score (nSPS) is 17.3. The number of aromatic nitrogens is 2. The molecule has 2 heterocycles. The summed E-state index contributed by atoms with van der Waals surface area (Å²) in [6.45, 7) is 12.2. The predicted octanol–water partition coefficient (Wildman–Crippen LogP) is 2.63. The third-order valence-electron chi connectivity index (χ3n) is 4.30. The fourth-order valence-electron chi connectivity index (χ4n) is 2.97. The Kier molecular flexibility index (Phi) is 6.26. The number of hydrogen-bond acceptors (Lipinski definition) is 6. The molecule has 0 saturated carbocycles. The topological polar surface area (TPSA) is 97.6 Å². The van der Waals surface area contributed by atoms with Crippen molar-refractivity contribution in [3.63, 3.8) is 0 Å². The standard InChI is InChI=1S/C18H30N4O4/c1-11(2)14(19-17(24)26-18(4,5)6)16(23)22-9-7-13(8-10-22)15-21-20-12(3)25-15/h11,13-14H,7-10H2,1-6H3,(H,19,24). The van der Waals surface area contributed by atoms with E-state index in [0.717, 1.165) is 12.8 Å². The number of carbonyl (C=O) groups is 2. The molecule has 0 aromatic carbocycles. The molecule has 1 aromatic heterocycles. The molecule has 1 aliphatic rings. The van der Waals surface area contributed by atoms with E-state index in [4.69, 9.17) is 9.15 Å². The van der Waals surface area contributed by atoms with E-state index >= 15 is 0 Å². The van der Waals surface area contributed by atoms with Gasteiger partial charge < -0.3 is 19.4 Å². The highest BCUT2D eigenvalue weighted by molar-refractivity contribution is 5.86. The Balaban J connectivity index is 1.94. The Morgan fingerprint density at radius 2 is 1.85 bits per heavy atom. The summed E-state index contributed by atoms with van der Waals surface area (Å²) in [6, 6.07) is -0.605. The highest BCUT2D eigenvalue weighted by Crippen LogP contribution is 2.27. The number of alkyl carbamates (subject to hydrolysis) is 1. The van der Waals surface area contributed by atoms with Crippen LogP contribution in [-0.4, -0.2) is 51.8 Å². The van der Waals surface area contributed by atoms with Gasteiger partial charge >= 0.3 is 6.09 Å². The molecule has 0 spiro atoms. The van der Waals surface area contributed by atoms with E-state index in [-0.39, 0.29) is 17.7 Å². The number of nitrogens with zero attached hydrogens (tertiary/aromatic N) is 3. The summed E-state index contributed by atoms with van der Waals surface area (Å²) in [5.41, 5.74) is -0.602. The van der Waals surface area contributed by atoms with Crippen LogP contribution in [0.2, 0.25) is 0 Å². The Labute approximate surface area is 154 Å². The number of rotatable bonds is 4. The van der Waals surface area contributed by atoms with Gasteiger partial charge in [-0.3, -0.25) is 4.79 Å².